The number of aromatic nitrogens is 4. The highest BCUT2D eigenvalue weighted by Crippen LogP contribution is 2.43. The third kappa shape index (κ3) is 2.47. The maximum absolute atomic E-state index is 12.4. The second-order valence-corrected chi connectivity index (χ2v) is 6.90. The number of aromatic amines is 1. The number of hydrogen-bond donors (Lipinski definition) is 2. The molecular formula is C21H19N5O2. The number of hydrogen-bond acceptors (Lipinski definition) is 4. The molecular weight excluding hydrogens is 354 g/mol. The highest BCUT2D eigenvalue weighted by Gasteiger charge is 2.34. The molecule has 7 heteroatoms. The molecule has 0 spiro atoms. The van der Waals surface area contributed by atoms with E-state index in [1.807, 2.05) is 60.0 Å². The summed E-state index contributed by atoms with van der Waals surface area (Å²) >= 11 is 0. The highest BCUT2D eigenvalue weighted by molar-refractivity contribution is 5.96. The Labute approximate surface area is 161 Å². The average Bonchev–Trinajstić information content (AvgIpc) is 3.29. The number of carbonyl (C=O) groups is 1. The number of aryl methyl sites for hydroxylation is 1. The quantitative estimate of drug-likeness (QED) is 0.575. The Balaban J connectivity index is 1.72. The number of pyridine rings is 1. The molecule has 1 aliphatic rings. The molecule has 7 nitrogen and oxygen atoms in total. The molecule has 0 saturated carbocycles. The van der Waals surface area contributed by atoms with Crippen LogP contribution >= 0.6 is 0 Å². The molecule has 0 bridgehead atoms. The lowest BCUT2D eigenvalue weighted by Gasteiger charge is -2.22. The van der Waals surface area contributed by atoms with Gasteiger partial charge >= 0.3 is 0 Å². The van der Waals surface area contributed by atoms with E-state index >= 15 is 0 Å². The van der Waals surface area contributed by atoms with E-state index in [2.05, 4.69) is 15.5 Å². The Bertz CT molecular complexity index is 1210. The minimum atomic E-state index is -0.185. The van der Waals surface area contributed by atoms with Crippen LogP contribution in [0.25, 0.3) is 16.8 Å². The van der Waals surface area contributed by atoms with Crippen molar-refractivity contribution < 1.29 is 9.53 Å². The van der Waals surface area contributed by atoms with Gasteiger partial charge < -0.3 is 14.5 Å². The SMILES string of the molecule is COc1cccc(-c2[nH]nc3c2[C@@H](c2nc(C)n4ccccc24)CC(=O)N3)c1. The Morgan fingerprint density at radius 3 is 2.96 bits per heavy atom. The van der Waals surface area contributed by atoms with E-state index in [1.165, 1.54) is 0 Å². The molecule has 1 atom stereocenters. The number of ether oxygens (including phenoxy) is 1. The summed E-state index contributed by atoms with van der Waals surface area (Å²) in [5.74, 6) is 1.98. The van der Waals surface area contributed by atoms with Gasteiger partial charge in [0.25, 0.3) is 0 Å². The molecule has 0 unspecified atom stereocenters. The van der Waals surface area contributed by atoms with Gasteiger partial charge in [-0.05, 0) is 31.2 Å². The van der Waals surface area contributed by atoms with Crippen molar-refractivity contribution in [2.24, 2.45) is 0 Å². The molecule has 0 aliphatic carbocycles. The fraction of sp³-hybridized carbons (Fsp3) is 0.190. The summed E-state index contributed by atoms with van der Waals surface area (Å²) in [6.07, 6.45) is 2.31. The van der Waals surface area contributed by atoms with Crippen LogP contribution in [0.4, 0.5) is 5.82 Å². The van der Waals surface area contributed by atoms with Gasteiger partial charge in [0.2, 0.25) is 5.91 Å². The second kappa shape index (κ2) is 6.23. The van der Waals surface area contributed by atoms with Crippen molar-refractivity contribution in [1.82, 2.24) is 19.6 Å². The minimum Gasteiger partial charge on any atom is -0.497 e. The standard InChI is InChI=1S/C21H19N5O2/c1-12-22-20(16-8-3-4-9-26(12)16)15-11-17(27)23-21-18(15)19(24-25-21)13-6-5-7-14(10-13)28-2/h3-10,15H,11H2,1-2H3,(H2,23,24,25,27)/t15-/m0/s1. The first-order valence-electron chi connectivity index (χ1n) is 9.12. The van der Waals surface area contributed by atoms with Crippen molar-refractivity contribution in [2.45, 2.75) is 19.3 Å². The molecule has 4 heterocycles. The summed E-state index contributed by atoms with van der Waals surface area (Å²) in [5, 5.41) is 10.4. The Morgan fingerprint density at radius 1 is 1.21 bits per heavy atom. The summed E-state index contributed by atoms with van der Waals surface area (Å²) in [6.45, 7) is 1.97. The predicted octanol–water partition coefficient (Wildman–Crippen LogP) is 3.52. The number of rotatable bonds is 3. The fourth-order valence-corrected chi connectivity index (χ4v) is 3.96. The van der Waals surface area contributed by atoms with E-state index < -0.39 is 0 Å². The molecule has 3 aromatic heterocycles. The maximum Gasteiger partial charge on any atom is 0.226 e. The van der Waals surface area contributed by atoms with Crippen molar-refractivity contribution in [3.8, 4) is 17.0 Å². The van der Waals surface area contributed by atoms with E-state index in [-0.39, 0.29) is 11.8 Å². The van der Waals surface area contributed by atoms with Gasteiger partial charge in [0.05, 0.1) is 24.0 Å². The number of amides is 1. The van der Waals surface area contributed by atoms with Gasteiger partial charge in [0.1, 0.15) is 11.6 Å². The molecule has 0 radical (unpaired) electrons. The normalized spacial score (nSPS) is 16.1. The molecule has 4 aromatic rings. The number of nitrogens with zero attached hydrogens (tertiary/aromatic N) is 3. The Kier molecular flexibility index (Phi) is 3.68. The maximum atomic E-state index is 12.4. The summed E-state index contributed by atoms with van der Waals surface area (Å²) < 4.78 is 7.42. The van der Waals surface area contributed by atoms with Crippen LogP contribution in [-0.2, 0) is 4.79 Å². The smallest absolute Gasteiger partial charge is 0.226 e. The van der Waals surface area contributed by atoms with Crippen LogP contribution in [-0.4, -0.2) is 32.6 Å². The first-order valence-corrected chi connectivity index (χ1v) is 9.12. The van der Waals surface area contributed by atoms with Gasteiger partial charge in [0, 0.05) is 29.7 Å². The first-order chi connectivity index (χ1) is 13.7. The molecule has 1 aliphatic heterocycles. The van der Waals surface area contributed by atoms with Crippen LogP contribution in [0, 0.1) is 6.92 Å². The van der Waals surface area contributed by atoms with E-state index in [0.717, 1.165) is 39.6 Å². The number of methoxy groups -OCH3 is 1. The van der Waals surface area contributed by atoms with Gasteiger partial charge in [-0.1, -0.05) is 18.2 Å². The zero-order valence-electron chi connectivity index (χ0n) is 15.6. The highest BCUT2D eigenvalue weighted by atomic mass is 16.5. The van der Waals surface area contributed by atoms with Crippen LogP contribution in [0.2, 0.25) is 0 Å². The second-order valence-electron chi connectivity index (χ2n) is 6.90. The summed E-state index contributed by atoms with van der Waals surface area (Å²) in [6, 6.07) is 13.8. The molecule has 1 amide bonds. The number of benzene rings is 1. The largest absolute Gasteiger partial charge is 0.497 e. The van der Waals surface area contributed by atoms with Crippen molar-refractivity contribution >= 4 is 17.2 Å². The topological polar surface area (TPSA) is 84.3 Å². The first kappa shape index (κ1) is 16.6. The third-order valence-electron chi connectivity index (χ3n) is 5.24. The average molecular weight is 373 g/mol. The molecule has 0 saturated heterocycles. The number of anilines is 1. The van der Waals surface area contributed by atoms with Crippen LogP contribution in [0.15, 0.2) is 48.7 Å². The number of carbonyl (C=O) groups excluding carboxylic acids is 1. The summed E-state index contributed by atoms with van der Waals surface area (Å²) in [4.78, 5) is 17.2. The van der Waals surface area contributed by atoms with Gasteiger partial charge in [-0.3, -0.25) is 9.89 Å². The van der Waals surface area contributed by atoms with Gasteiger partial charge in [-0.15, -0.1) is 0 Å². The van der Waals surface area contributed by atoms with Crippen molar-refractivity contribution in [2.75, 3.05) is 12.4 Å². The molecule has 0 fully saturated rings. The predicted molar refractivity (Wildman–Crippen MR) is 106 cm³/mol. The number of imidazole rings is 1. The molecule has 5 rings (SSSR count). The lowest BCUT2D eigenvalue weighted by molar-refractivity contribution is -0.116. The Morgan fingerprint density at radius 2 is 2.11 bits per heavy atom. The summed E-state index contributed by atoms with van der Waals surface area (Å²) in [5.41, 5.74) is 4.67. The lowest BCUT2D eigenvalue weighted by atomic mass is 9.87. The monoisotopic (exact) mass is 373 g/mol. The van der Waals surface area contributed by atoms with Gasteiger partial charge in [-0.2, -0.15) is 5.10 Å². The van der Waals surface area contributed by atoms with E-state index in [0.29, 0.717) is 12.2 Å². The van der Waals surface area contributed by atoms with Gasteiger partial charge in [-0.25, -0.2) is 4.98 Å². The van der Waals surface area contributed by atoms with Gasteiger partial charge in [0.15, 0.2) is 5.82 Å². The van der Waals surface area contributed by atoms with Crippen molar-refractivity contribution in [3.05, 3.63) is 65.7 Å². The van der Waals surface area contributed by atoms with Crippen LogP contribution in [0.1, 0.15) is 29.4 Å². The third-order valence-corrected chi connectivity index (χ3v) is 5.24. The van der Waals surface area contributed by atoms with E-state index in [1.54, 1.807) is 7.11 Å². The van der Waals surface area contributed by atoms with Crippen LogP contribution in [0.3, 0.4) is 0 Å². The zero-order valence-corrected chi connectivity index (χ0v) is 15.6. The minimum absolute atomic E-state index is 0.0593. The number of H-pyrrole nitrogens is 1. The molecule has 1 aromatic carbocycles. The van der Waals surface area contributed by atoms with Crippen molar-refractivity contribution in [3.63, 3.8) is 0 Å². The fourth-order valence-electron chi connectivity index (χ4n) is 3.96. The lowest BCUT2D eigenvalue weighted by Crippen LogP contribution is -2.23. The van der Waals surface area contributed by atoms with Crippen LogP contribution < -0.4 is 10.1 Å². The Hall–Kier alpha value is -3.61. The molecule has 2 N–H and O–H groups in total. The zero-order chi connectivity index (χ0) is 19.3. The number of fused-ring (bicyclic) bond motifs is 2. The van der Waals surface area contributed by atoms with Crippen LogP contribution in [0.5, 0.6) is 5.75 Å². The van der Waals surface area contributed by atoms with E-state index in [4.69, 9.17) is 9.72 Å². The van der Waals surface area contributed by atoms with E-state index in [9.17, 15) is 4.79 Å². The van der Waals surface area contributed by atoms with Crippen molar-refractivity contribution in [1.29, 1.82) is 0 Å². The summed E-state index contributed by atoms with van der Waals surface area (Å²) in [7, 11) is 1.64. The molecule has 28 heavy (non-hydrogen) atoms. The molecule has 140 valence electrons. The number of nitrogens with one attached hydrogen (secondary N) is 2.